The van der Waals surface area contributed by atoms with Gasteiger partial charge < -0.3 is 5.32 Å². The molecule has 30 heavy (non-hydrogen) atoms. The fourth-order valence-corrected chi connectivity index (χ4v) is 4.90. The number of carbonyl (C=O) groups excluding carboxylic acids is 1. The van der Waals surface area contributed by atoms with Crippen LogP contribution in [0.2, 0.25) is 5.02 Å². The van der Waals surface area contributed by atoms with Gasteiger partial charge in [0.15, 0.2) is 0 Å². The number of nitrogens with zero attached hydrogens (tertiary/aromatic N) is 4. The monoisotopic (exact) mass is 443 g/mol. The third-order valence-electron chi connectivity index (χ3n) is 4.59. The Morgan fingerprint density at radius 2 is 1.97 bits per heavy atom. The van der Waals surface area contributed by atoms with E-state index >= 15 is 0 Å². The SMILES string of the molecule is O=C(/C=C/c1ccc(N2CCCS2(=O)=O)cc1)Nc1cc(Cl)ccc1-n1cncn1. The molecule has 0 saturated carbocycles. The number of anilines is 2. The highest BCUT2D eigenvalue weighted by Gasteiger charge is 2.28. The van der Waals surface area contributed by atoms with E-state index in [9.17, 15) is 13.2 Å². The number of halogens is 1. The van der Waals surface area contributed by atoms with Gasteiger partial charge in [-0.3, -0.25) is 9.10 Å². The first-order valence-corrected chi connectivity index (χ1v) is 11.2. The van der Waals surface area contributed by atoms with Crippen LogP contribution in [0.5, 0.6) is 0 Å². The normalized spacial score (nSPS) is 15.6. The van der Waals surface area contributed by atoms with Gasteiger partial charge in [0.05, 0.1) is 22.8 Å². The second kappa shape index (κ2) is 8.29. The van der Waals surface area contributed by atoms with E-state index < -0.39 is 10.0 Å². The van der Waals surface area contributed by atoms with Crippen LogP contribution >= 0.6 is 11.6 Å². The molecular formula is C20H18ClN5O3S. The van der Waals surface area contributed by atoms with Crippen molar-refractivity contribution < 1.29 is 13.2 Å². The Hall–Kier alpha value is -3.17. The molecular weight excluding hydrogens is 426 g/mol. The van der Waals surface area contributed by atoms with Gasteiger partial charge in [-0.1, -0.05) is 23.7 Å². The maximum atomic E-state index is 12.4. The summed E-state index contributed by atoms with van der Waals surface area (Å²) in [4.78, 5) is 16.3. The van der Waals surface area contributed by atoms with Crippen molar-refractivity contribution in [2.75, 3.05) is 21.9 Å². The van der Waals surface area contributed by atoms with Crippen LogP contribution in [-0.4, -0.2) is 41.4 Å². The molecule has 10 heteroatoms. The molecule has 1 aliphatic rings. The third-order valence-corrected chi connectivity index (χ3v) is 6.69. The molecule has 1 aromatic heterocycles. The zero-order valence-corrected chi connectivity index (χ0v) is 17.3. The van der Waals surface area contributed by atoms with Crippen LogP contribution in [0.1, 0.15) is 12.0 Å². The molecule has 2 heterocycles. The summed E-state index contributed by atoms with van der Waals surface area (Å²) in [7, 11) is -3.21. The van der Waals surface area contributed by atoms with Crippen LogP contribution in [-0.2, 0) is 14.8 Å². The predicted octanol–water partition coefficient (Wildman–Crippen LogP) is 3.11. The lowest BCUT2D eigenvalue weighted by Crippen LogP contribution is -2.24. The zero-order chi connectivity index (χ0) is 21.1. The van der Waals surface area contributed by atoms with E-state index in [-0.39, 0.29) is 11.7 Å². The number of hydrogen-bond acceptors (Lipinski definition) is 5. The molecule has 0 unspecified atom stereocenters. The van der Waals surface area contributed by atoms with E-state index in [4.69, 9.17) is 11.6 Å². The lowest BCUT2D eigenvalue weighted by atomic mass is 10.2. The molecule has 2 aromatic carbocycles. The minimum absolute atomic E-state index is 0.176. The first-order chi connectivity index (χ1) is 14.4. The molecule has 1 amide bonds. The second-order valence-electron chi connectivity index (χ2n) is 6.66. The second-order valence-corrected chi connectivity index (χ2v) is 9.11. The molecule has 154 valence electrons. The number of hydrogen-bond donors (Lipinski definition) is 1. The lowest BCUT2D eigenvalue weighted by molar-refractivity contribution is -0.111. The van der Waals surface area contributed by atoms with E-state index in [1.165, 1.54) is 27.7 Å². The van der Waals surface area contributed by atoms with Crippen molar-refractivity contribution in [2.24, 2.45) is 0 Å². The van der Waals surface area contributed by atoms with Gasteiger partial charge in [-0.15, -0.1) is 0 Å². The highest BCUT2D eigenvalue weighted by molar-refractivity contribution is 7.93. The first-order valence-electron chi connectivity index (χ1n) is 9.16. The summed E-state index contributed by atoms with van der Waals surface area (Å²) >= 11 is 6.06. The standard InChI is InChI=1S/C20H18ClN5O3S/c21-16-5-8-19(25-14-22-13-23-25)18(12-16)24-20(27)9-4-15-2-6-17(7-3-15)26-10-1-11-30(26,28)29/h2-9,12-14H,1,10-11H2,(H,24,27)/b9-4+. The van der Waals surface area contributed by atoms with Gasteiger partial charge in [0, 0.05) is 17.6 Å². The molecule has 4 rings (SSSR count). The van der Waals surface area contributed by atoms with Crippen molar-refractivity contribution in [3.8, 4) is 5.69 Å². The maximum Gasteiger partial charge on any atom is 0.248 e. The minimum atomic E-state index is -3.21. The van der Waals surface area contributed by atoms with Crippen LogP contribution in [0.25, 0.3) is 11.8 Å². The van der Waals surface area contributed by atoms with Gasteiger partial charge in [0.2, 0.25) is 15.9 Å². The van der Waals surface area contributed by atoms with Crippen molar-refractivity contribution in [3.63, 3.8) is 0 Å². The molecule has 0 bridgehead atoms. The molecule has 0 aliphatic carbocycles. The highest BCUT2D eigenvalue weighted by atomic mass is 35.5. The summed E-state index contributed by atoms with van der Waals surface area (Å²) in [6.07, 6.45) is 6.60. The Balaban J connectivity index is 1.47. The van der Waals surface area contributed by atoms with E-state index in [2.05, 4.69) is 15.4 Å². The van der Waals surface area contributed by atoms with E-state index in [1.807, 2.05) is 0 Å². The summed E-state index contributed by atoms with van der Waals surface area (Å²) < 4.78 is 27.0. The van der Waals surface area contributed by atoms with E-state index in [1.54, 1.807) is 48.5 Å². The summed E-state index contributed by atoms with van der Waals surface area (Å²) in [6, 6.07) is 12.1. The predicted molar refractivity (Wildman–Crippen MR) is 116 cm³/mol. The topological polar surface area (TPSA) is 97.2 Å². The average molecular weight is 444 g/mol. The fourth-order valence-electron chi connectivity index (χ4n) is 3.17. The van der Waals surface area contributed by atoms with Crippen LogP contribution in [0, 0.1) is 0 Å². The molecule has 8 nitrogen and oxygen atoms in total. The molecule has 0 radical (unpaired) electrons. The Bertz CT molecular complexity index is 1190. The smallest absolute Gasteiger partial charge is 0.248 e. The van der Waals surface area contributed by atoms with Crippen molar-refractivity contribution >= 4 is 45.0 Å². The molecule has 1 N–H and O–H groups in total. The number of benzene rings is 2. The number of sulfonamides is 1. The van der Waals surface area contributed by atoms with Gasteiger partial charge in [0.1, 0.15) is 12.7 Å². The number of nitrogens with one attached hydrogen (secondary N) is 1. The fraction of sp³-hybridized carbons (Fsp3) is 0.150. The molecule has 3 aromatic rings. The quantitative estimate of drug-likeness (QED) is 0.611. The maximum absolute atomic E-state index is 12.4. The number of rotatable bonds is 5. The van der Waals surface area contributed by atoms with Gasteiger partial charge in [0.25, 0.3) is 0 Å². The molecule has 0 spiro atoms. The molecule has 1 aliphatic heterocycles. The van der Waals surface area contributed by atoms with Gasteiger partial charge in [-0.25, -0.2) is 18.1 Å². The highest BCUT2D eigenvalue weighted by Crippen LogP contribution is 2.25. The lowest BCUT2D eigenvalue weighted by Gasteiger charge is -2.16. The van der Waals surface area contributed by atoms with Crippen LogP contribution in [0.4, 0.5) is 11.4 Å². The Kier molecular flexibility index (Phi) is 5.56. The van der Waals surface area contributed by atoms with Crippen molar-refractivity contribution in [3.05, 3.63) is 71.8 Å². The summed E-state index contributed by atoms with van der Waals surface area (Å²) in [5, 5.41) is 7.34. The van der Waals surface area contributed by atoms with Crippen LogP contribution in [0.3, 0.4) is 0 Å². The van der Waals surface area contributed by atoms with Gasteiger partial charge >= 0.3 is 0 Å². The van der Waals surface area contributed by atoms with E-state index in [0.717, 1.165) is 5.56 Å². The Labute approximate surface area is 178 Å². The average Bonchev–Trinajstić information content (AvgIpc) is 3.36. The zero-order valence-electron chi connectivity index (χ0n) is 15.8. The summed E-state index contributed by atoms with van der Waals surface area (Å²) in [6.45, 7) is 0.494. The van der Waals surface area contributed by atoms with Gasteiger partial charge in [-0.05, 0) is 48.4 Å². The molecule has 1 fully saturated rings. The Morgan fingerprint density at radius 1 is 1.17 bits per heavy atom. The Morgan fingerprint density at radius 3 is 2.63 bits per heavy atom. The summed E-state index contributed by atoms with van der Waals surface area (Å²) in [5.74, 6) is -0.167. The van der Waals surface area contributed by atoms with Crippen molar-refractivity contribution in [1.82, 2.24) is 14.8 Å². The van der Waals surface area contributed by atoms with Crippen molar-refractivity contribution in [2.45, 2.75) is 6.42 Å². The van der Waals surface area contributed by atoms with E-state index in [0.29, 0.717) is 35.1 Å². The number of carbonyl (C=O) groups is 1. The number of aromatic nitrogens is 3. The minimum Gasteiger partial charge on any atom is -0.321 e. The number of amides is 1. The van der Waals surface area contributed by atoms with Crippen LogP contribution in [0.15, 0.2) is 61.2 Å². The van der Waals surface area contributed by atoms with Gasteiger partial charge in [-0.2, -0.15) is 5.10 Å². The largest absolute Gasteiger partial charge is 0.321 e. The molecule has 0 atom stereocenters. The summed E-state index contributed by atoms with van der Waals surface area (Å²) in [5.41, 5.74) is 2.53. The third kappa shape index (κ3) is 4.37. The first kappa shape index (κ1) is 20.1. The van der Waals surface area contributed by atoms with Crippen LogP contribution < -0.4 is 9.62 Å². The molecule has 1 saturated heterocycles. The van der Waals surface area contributed by atoms with Crippen molar-refractivity contribution in [1.29, 1.82) is 0 Å².